The Morgan fingerprint density at radius 1 is 1.23 bits per heavy atom. The van der Waals surface area contributed by atoms with E-state index in [0.717, 1.165) is 12.0 Å². The van der Waals surface area contributed by atoms with Gasteiger partial charge < -0.3 is 15.4 Å². The molecule has 4 rings (SSSR count). The molecule has 0 aliphatic carbocycles. The van der Waals surface area contributed by atoms with Crippen LogP contribution in [0.4, 0.5) is 8.78 Å². The molecule has 1 amide bonds. The van der Waals surface area contributed by atoms with Crippen LogP contribution in [0.5, 0.6) is 5.75 Å². The lowest BCUT2D eigenvalue weighted by molar-refractivity contribution is 0.0786. The fraction of sp³-hybridized carbons (Fsp3) is 0.333. The summed E-state index contributed by atoms with van der Waals surface area (Å²) in [5, 5.41) is 11.2. The second kappa shape index (κ2) is 9.17. The highest BCUT2D eigenvalue weighted by Gasteiger charge is 2.29. The Kier molecular flexibility index (Phi) is 6.17. The third-order valence-electron chi connectivity index (χ3n) is 5.24. The minimum atomic E-state index is -0.653. The number of carbonyl (C=O) groups excluding carboxylic acids is 1. The number of halogens is 2. The van der Waals surface area contributed by atoms with Crippen molar-refractivity contribution in [2.45, 2.75) is 24.9 Å². The maximum absolute atomic E-state index is 14.6. The number of ether oxygens (including phenoxy) is 1. The van der Waals surface area contributed by atoms with E-state index < -0.39 is 11.9 Å². The van der Waals surface area contributed by atoms with Crippen molar-refractivity contribution in [3.63, 3.8) is 0 Å². The molecule has 2 heterocycles. The van der Waals surface area contributed by atoms with Crippen molar-refractivity contribution < 1.29 is 18.3 Å². The van der Waals surface area contributed by atoms with Crippen molar-refractivity contribution in [3.05, 3.63) is 71.6 Å². The molecule has 1 aliphatic rings. The molecule has 0 radical (unpaired) electrons. The Morgan fingerprint density at radius 3 is 2.74 bits per heavy atom. The lowest BCUT2D eigenvalue weighted by Crippen LogP contribution is -2.33. The molecule has 1 saturated heterocycles. The molecule has 162 valence electrons. The molecule has 1 aromatic heterocycles. The van der Waals surface area contributed by atoms with Gasteiger partial charge in [-0.3, -0.25) is 4.79 Å². The molecule has 0 unspecified atom stereocenters. The summed E-state index contributed by atoms with van der Waals surface area (Å²) in [5.74, 6) is -0.935. The SMILES string of the molecule is N[C@@H](COc1ccc(C(=O)N2CC[C@H](c3ccc(F)cc3)C2)c(F)c1)Cn1ncnn1. The van der Waals surface area contributed by atoms with Crippen LogP contribution in [0.25, 0.3) is 0 Å². The van der Waals surface area contributed by atoms with Gasteiger partial charge in [0.15, 0.2) is 6.33 Å². The zero-order valence-corrected chi connectivity index (χ0v) is 16.7. The van der Waals surface area contributed by atoms with Crippen LogP contribution in [-0.4, -0.2) is 56.8 Å². The summed E-state index contributed by atoms with van der Waals surface area (Å²) in [4.78, 5) is 15.8. The topological polar surface area (TPSA) is 99.2 Å². The number of tetrazole rings is 1. The first-order valence-electron chi connectivity index (χ1n) is 9.93. The molecule has 10 heteroatoms. The zero-order valence-electron chi connectivity index (χ0n) is 16.7. The standard InChI is InChI=1S/C21H22F2N6O2/c22-16-3-1-14(2-4-16)15-7-8-28(10-15)21(30)19-6-5-18(9-20(19)23)31-12-17(24)11-29-26-13-25-27-29/h1-6,9,13,15,17H,7-8,10-12,24H2/t15-,17+/m0/s1. The van der Waals surface area contributed by atoms with Gasteiger partial charge in [0.25, 0.3) is 5.91 Å². The van der Waals surface area contributed by atoms with Gasteiger partial charge in [0.05, 0.1) is 18.2 Å². The first kappa shape index (κ1) is 20.9. The van der Waals surface area contributed by atoms with E-state index in [2.05, 4.69) is 15.4 Å². The van der Waals surface area contributed by atoms with Crippen LogP contribution >= 0.6 is 0 Å². The van der Waals surface area contributed by atoms with Gasteiger partial charge in [0.1, 0.15) is 24.0 Å². The van der Waals surface area contributed by atoms with Crippen LogP contribution in [0.15, 0.2) is 48.8 Å². The summed E-state index contributed by atoms with van der Waals surface area (Å²) in [6, 6.07) is 10.0. The van der Waals surface area contributed by atoms with E-state index in [0.29, 0.717) is 19.6 Å². The van der Waals surface area contributed by atoms with E-state index in [1.54, 1.807) is 23.1 Å². The van der Waals surface area contributed by atoms with Gasteiger partial charge in [-0.2, -0.15) is 4.80 Å². The number of likely N-dealkylation sites (tertiary alicyclic amines) is 1. The van der Waals surface area contributed by atoms with Crippen molar-refractivity contribution in [2.75, 3.05) is 19.7 Å². The number of hydrogen-bond acceptors (Lipinski definition) is 6. The Morgan fingerprint density at radius 2 is 2.03 bits per heavy atom. The number of carbonyl (C=O) groups is 1. The van der Waals surface area contributed by atoms with Crippen molar-refractivity contribution in [2.24, 2.45) is 5.73 Å². The second-order valence-electron chi connectivity index (χ2n) is 7.49. The molecule has 2 N–H and O–H groups in total. The third-order valence-corrected chi connectivity index (χ3v) is 5.24. The molecular formula is C21H22F2N6O2. The maximum Gasteiger partial charge on any atom is 0.256 e. The monoisotopic (exact) mass is 428 g/mol. The molecule has 0 saturated carbocycles. The molecule has 3 aromatic rings. The Labute approximate surface area is 177 Å². The molecule has 1 fully saturated rings. The molecule has 2 atom stereocenters. The van der Waals surface area contributed by atoms with Gasteiger partial charge in [0.2, 0.25) is 0 Å². The van der Waals surface area contributed by atoms with E-state index in [4.69, 9.17) is 10.5 Å². The van der Waals surface area contributed by atoms with Gasteiger partial charge in [0, 0.05) is 25.1 Å². The average molecular weight is 428 g/mol. The zero-order chi connectivity index (χ0) is 21.8. The Balaban J connectivity index is 1.34. The molecule has 31 heavy (non-hydrogen) atoms. The first-order valence-corrected chi connectivity index (χ1v) is 9.93. The van der Waals surface area contributed by atoms with Gasteiger partial charge in [-0.1, -0.05) is 12.1 Å². The number of hydrogen-bond donors (Lipinski definition) is 1. The summed E-state index contributed by atoms with van der Waals surface area (Å²) >= 11 is 0. The lowest BCUT2D eigenvalue weighted by Gasteiger charge is -2.18. The van der Waals surface area contributed by atoms with E-state index in [-0.39, 0.29) is 35.6 Å². The van der Waals surface area contributed by atoms with Crippen molar-refractivity contribution in [1.29, 1.82) is 0 Å². The van der Waals surface area contributed by atoms with E-state index in [1.807, 2.05) is 0 Å². The third kappa shape index (κ3) is 5.02. The summed E-state index contributed by atoms with van der Waals surface area (Å²) < 4.78 is 33.3. The Bertz CT molecular complexity index is 1030. The molecule has 8 nitrogen and oxygen atoms in total. The van der Waals surface area contributed by atoms with Crippen LogP contribution in [0.2, 0.25) is 0 Å². The Hall–Kier alpha value is -3.40. The molecule has 0 bridgehead atoms. The largest absolute Gasteiger partial charge is 0.492 e. The first-order chi connectivity index (χ1) is 15.0. The minimum Gasteiger partial charge on any atom is -0.492 e. The highest BCUT2D eigenvalue weighted by Crippen LogP contribution is 2.29. The highest BCUT2D eigenvalue weighted by atomic mass is 19.1. The number of nitrogens with two attached hydrogens (primary N) is 1. The second-order valence-corrected chi connectivity index (χ2v) is 7.49. The number of aromatic nitrogens is 4. The number of nitrogens with zero attached hydrogens (tertiary/aromatic N) is 5. The lowest BCUT2D eigenvalue weighted by atomic mass is 9.98. The van der Waals surface area contributed by atoms with Crippen molar-refractivity contribution in [3.8, 4) is 5.75 Å². The molecule has 0 spiro atoms. The fourth-order valence-corrected chi connectivity index (χ4v) is 3.62. The number of amides is 1. The van der Waals surface area contributed by atoms with Gasteiger partial charge in [-0.15, -0.1) is 10.2 Å². The van der Waals surface area contributed by atoms with Gasteiger partial charge >= 0.3 is 0 Å². The number of benzene rings is 2. The normalized spacial score (nSPS) is 17.0. The summed E-state index contributed by atoms with van der Waals surface area (Å²) in [7, 11) is 0. The van der Waals surface area contributed by atoms with E-state index in [9.17, 15) is 13.6 Å². The molecule has 1 aliphatic heterocycles. The van der Waals surface area contributed by atoms with Crippen molar-refractivity contribution >= 4 is 5.91 Å². The predicted molar refractivity (Wildman–Crippen MR) is 107 cm³/mol. The van der Waals surface area contributed by atoms with Gasteiger partial charge in [-0.25, -0.2) is 8.78 Å². The summed E-state index contributed by atoms with van der Waals surface area (Å²) in [6.07, 6.45) is 2.06. The number of rotatable bonds is 7. The smallest absolute Gasteiger partial charge is 0.256 e. The molecular weight excluding hydrogens is 406 g/mol. The van der Waals surface area contributed by atoms with Crippen LogP contribution < -0.4 is 10.5 Å². The van der Waals surface area contributed by atoms with Crippen LogP contribution in [0.3, 0.4) is 0 Å². The molecule has 2 aromatic carbocycles. The van der Waals surface area contributed by atoms with Crippen molar-refractivity contribution in [1.82, 2.24) is 25.1 Å². The van der Waals surface area contributed by atoms with E-state index in [1.165, 1.54) is 35.4 Å². The van der Waals surface area contributed by atoms with Gasteiger partial charge in [-0.05, 0) is 41.5 Å². The predicted octanol–water partition coefficient (Wildman–Crippen LogP) is 1.99. The quantitative estimate of drug-likeness (QED) is 0.618. The van der Waals surface area contributed by atoms with Crippen LogP contribution in [0.1, 0.15) is 28.3 Å². The van der Waals surface area contributed by atoms with Crippen LogP contribution in [0, 0.1) is 11.6 Å². The summed E-state index contributed by atoms with van der Waals surface area (Å²) in [6.45, 7) is 1.42. The maximum atomic E-state index is 14.6. The van der Waals surface area contributed by atoms with E-state index >= 15 is 0 Å². The van der Waals surface area contributed by atoms with Crippen LogP contribution in [-0.2, 0) is 6.54 Å². The highest BCUT2D eigenvalue weighted by molar-refractivity contribution is 5.94. The fourth-order valence-electron chi connectivity index (χ4n) is 3.62. The summed E-state index contributed by atoms with van der Waals surface area (Å²) in [5.41, 5.74) is 6.91. The average Bonchev–Trinajstić information content (AvgIpc) is 3.45. The minimum absolute atomic E-state index is 0.0109.